The highest BCUT2D eigenvalue weighted by atomic mass is 16.6. The Kier molecular flexibility index (Phi) is 14.2. The second-order valence-electron chi connectivity index (χ2n) is 4.08. The van der Waals surface area contributed by atoms with Gasteiger partial charge in [-0.1, -0.05) is 13.2 Å². The molecule has 0 aliphatic heterocycles. The van der Waals surface area contributed by atoms with E-state index in [9.17, 15) is 9.59 Å². The molecule has 0 radical (unpaired) electrons. The van der Waals surface area contributed by atoms with Gasteiger partial charge in [-0.2, -0.15) is 0 Å². The number of hydrogen-bond acceptors (Lipinski definition) is 6. The summed E-state index contributed by atoms with van der Waals surface area (Å²) in [6, 6.07) is 0. The van der Waals surface area contributed by atoms with Crippen molar-refractivity contribution in [3.63, 3.8) is 0 Å². The average molecular weight is 287 g/mol. The summed E-state index contributed by atoms with van der Waals surface area (Å²) in [6.45, 7) is 10.2. The van der Waals surface area contributed by atoms with E-state index in [1.165, 1.54) is 0 Å². The zero-order valence-electron chi connectivity index (χ0n) is 12.8. The lowest BCUT2D eigenvalue weighted by molar-refractivity contribution is -0.140. The molecule has 6 nitrogen and oxygen atoms in total. The maximum Gasteiger partial charge on any atom is 0.333 e. The lowest BCUT2D eigenvalue weighted by atomic mass is 10.4. The minimum Gasteiger partial charge on any atom is -0.461 e. The van der Waals surface area contributed by atoms with Crippen molar-refractivity contribution in [1.82, 2.24) is 4.90 Å². The van der Waals surface area contributed by atoms with Crippen molar-refractivity contribution in [1.29, 1.82) is 0 Å². The second-order valence-corrected chi connectivity index (χ2v) is 4.08. The molecule has 20 heavy (non-hydrogen) atoms. The summed E-state index contributed by atoms with van der Waals surface area (Å²) in [5, 5.41) is 0. The molecule has 0 N–H and O–H groups in total. The minimum absolute atomic E-state index is 0.294. The van der Waals surface area contributed by atoms with Crippen molar-refractivity contribution in [2.75, 3.05) is 47.6 Å². The van der Waals surface area contributed by atoms with Gasteiger partial charge in [0, 0.05) is 25.3 Å². The number of likely N-dealkylation sites (N-methyl/N-ethyl adjacent to an activating group) is 1. The van der Waals surface area contributed by atoms with E-state index in [1.807, 2.05) is 19.0 Å². The van der Waals surface area contributed by atoms with Crippen LogP contribution in [0.2, 0.25) is 0 Å². The summed E-state index contributed by atoms with van der Waals surface area (Å²) >= 11 is 0. The Hall–Kier alpha value is -1.66. The molecule has 0 heterocycles. The summed E-state index contributed by atoms with van der Waals surface area (Å²) in [5.41, 5.74) is 0.413. The highest BCUT2D eigenvalue weighted by molar-refractivity contribution is 5.86. The van der Waals surface area contributed by atoms with E-state index in [-0.39, 0.29) is 11.9 Å². The first-order valence-electron chi connectivity index (χ1n) is 6.10. The van der Waals surface area contributed by atoms with Gasteiger partial charge in [0.15, 0.2) is 0 Å². The quantitative estimate of drug-likeness (QED) is 0.377. The maximum atomic E-state index is 10.6. The third-order valence-corrected chi connectivity index (χ3v) is 1.82. The van der Waals surface area contributed by atoms with Gasteiger partial charge in [-0.25, -0.2) is 9.59 Å². The third kappa shape index (κ3) is 16.3. The lowest BCUT2D eigenvalue weighted by Gasteiger charge is -2.07. The van der Waals surface area contributed by atoms with Crippen LogP contribution < -0.4 is 0 Å². The van der Waals surface area contributed by atoms with E-state index in [0.29, 0.717) is 25.4 Å². The number of methoxy groups -OCH3 is 1. The number of rotatable bonds is 8. The van der Waals surface area contributed by atoms with E-state index in [1.54, 1.807) is 14.0 Å². The van der Waals surface area contributed by atoms with E-state index in [4.69, 9.17) is 4.74 Å². The van der Waals surface area contributed by atoms with Gasteiger partial charge >= 0.3 is 11.9 Å². The Morgan fingerprint density at radius 2 is 1.75 bits per heavy atom. The van der Waals surface area contributed by atoms with Crippen LogP contribution in [0.5, 0.6) is 0 Å². The van der Waals surface area contributed by atoms with Crippen molar-refractivity contribution in [3.05, 3.63) is 24.8 Å². The van der Waals surface area contributed by atoms with Gasteiger partial charge in [0.05, 0.1) is 6.61 Å². The fourth-order valence-electron chi connectivity index (χ4n) is 0.729. The SMILES string of the molecule is C=C(C)C(=O)OCCOC.C=CC(=O)OCCN(C)C. The molecule has 0 rings (SSSR count). The van der Waals surface area contributed by atoms with Gasteiger partial charge in [0.25, 0.3) is 0 Å². The molecule has 0 fully saturated rings. The molecule has 6 heteroatoms. The van der Waals surface area contributed by atoms with Crippen molar-refractivity contribution < 1.29 is 23.8 Å². The van der Waals surface area contributed by atoms with E-state index in [2.05, 4.69) is 22.6 Å². The van der Waals surface area contributed by atoms with Crippen LogP contribution in [0.1, 0.15) is 6.92 Å². The minimum atomic E-state index is -0.364. The molecule has 0 aromatic rings. The van der Waals surface area contributed by atoms with Crippen LogP contribution in [0.15, 0.2) is 24.8 Å². The average Bonchev–Trinajstić information content (AvgIpc) is 2.38. The van der Waals surface area contributed by atoms with Gasteiger partial charge in [0.2, 0.25) is 0 Å². The number of nitrogens with zero attached hydrogens (tertiary/aromatic N) is 1. The Morgan fingerprint density at radius 1 is 1.15 bits per heavy atom. The molecule has 0 unspecified atom stereocenters. The molecule has 0 spiro atoms. The van der Waals surface area contributed by atoms with Gasteiger partial charge in [-0.05, 0) is 21.0 Å². The highest BCUT2D eigenvalue weighted by Gasteiger charge is 2.00. The first-order valence-corrected chi connectivity index (χ1v) is 6.10. The van der Waals surface area contributed by atoms with Crippen LogP contribution in [0, 0.1) is 0 Å². The number of carbonyl (C=O) groups is 2. The maximum absolute atomic E-state index is 10.6. The predicted molar refractivity (Wildman–Crippen MR) is 77.4 cm³/mol. The molecule has 0 aromatic heterocycles. The summed E-state index contributed by atoms with van der Waals surface area (Å²) in [4.78, 5) is 23.0. The predicted octanol–water partition coefficient (Wildman–Crippen LogP) is 1.03. The summed E-state index contributed by atoms with van der Waals surface area (Å²) in [7, 11) is 5.39. The largest absolute Gasteiger partial charge is 0.461 e. The van der Waals surface area contributed by atoms with E-state index < -0.39 is 0 Å². The molecule has 0 aliphatic carbocycles. The van der Waals surface area contributed by atoms with Gasteiger partial charge in [-0.15, -0.1) is 0 Å². The standard InChI is InChI=1S/C7H13NO2.C7H12O3/c1-4-7(9)10-6-5-8(2)3;1-6(2)7(8)10-5-4-9-3/h4H,1,5-6H2,2-3H3;1,4-5H2,2-3H3. The van der Waals surface area contributed by atoms with E-state index in [0.717, 1.165) is 12.6 Å². The Labute approximate surface area is 121 Å². The van der Waals surface area contributed by atoms with Gasteiger partial charge < -0.3 is 19.1 Å². The highest BCUT2D eigenvalue weighted by Crippen LogP contribution is 1.90. The summed E-state index contributed by atoms with van der Waals surface area (Å²) in [6.07, 6.45) is 1.16. The van der Waals surface area contributed by atoms with Crippen molar-refractivity contribution in [2.24, 2.45) is 0 Å². The Bertz CT molecular complexity index is 313. The lowest BCUT2D eigenvalue weighted by Crippen LogP contribution is -2.19. The van der Waals surface area contributed by atoms with Gasteiger partial charge in [0.1, 0.15) is 13.2 Å². The van der Waals surface area contributed by atoms with Crippen LogP contribution in [-0.2, 0) is 23.8 Å². The fraction of sp³-hybridized carbons (Fsp3) is 0.571. The van der Waals surface area contributed by atoms with Crippen LogP contribution in [-0.4, -0.2) is 64.4 Å². The summed E-state index contributed by atoms with van der Waals surface area (Å²) in [5.74, 6) is -0.723. The molecule has 0 atom stereocenters. The number of ether oxygens (including phenoxy) is 3. The van der Waals surface area contributed by atoms with Crippen LogP contribution in [0.4, 0.5) is 0 Å². The molecule has 0 amide bonds. The Balaban J connectivity index is 0. The third-order valence-electron chi connectivity index (χ3n) is 1.82. The van der Waals surface area contributed by atoms with Gasteiger partial charge in [-0.3, -0.25) is 0 Å². The number of esters is 2. The topological polar surface area (TPSA) is 65.1 Å². The number of hydrogen-bond donors (Lipinski definition) is 0. The zero-order valence-corrected chi connectivity index (χ0v) is 12.8. The second kappa shape index (κ2) is 13.8. The molecule has 0 aromatic carbocycles. The normalized spacial score (nSPS) is 9.25. The smallest absolute Gasteiger partial charge is 0.333 e. The summed E-state index contributed by atoms with van der Waals surface area (Å²) < 4.78 is 14.0. The molecular formula is C14H25NO5. The van der Waals surface area contributed by atoms with Crippen LogP contribution >= 0.6 is 0 Å². The molecule has 0 aliphatic rings. The van der Waals surface area contributed by atoms with Crippen molar-refractivity contribution >= 4 is 11.9 Å². The van der Waals surface area contributed by atoms with Crippen molar-refractivity contribution in [2.45, 2.75) is 6.92 Å². The fourth-order valence-corrected chi connectivity index (χ4v) is 0.729. The van der Waals surface area contributed by atoms with Crippen LogP contribution in [0.25, 0.3) is 0 Å². The first-order chi connectivity index (χ1) is 9.34. The zero-order chi connectivity index (χ0) is 16.0. The van der Waals surface area contributed by atoms with Crippen LogP contribution in [0.3, 0.4) is 0 Å². The van der Waals surface area contributed by atoms with E-state index >= 15 is 0 Å². The first kappa shape index (κ1) is 20.7. The number of carbonyl (C=O) groups excluding carboxylic acids is 2. The Morgan fingerprint density at radius 3 is 2.15 bits per heavy atom. The molecule has 0 saturated carbocycles. The molecule has 116 valence electrons. The molecular weight excluding hydrogens is 262 g/mol. The monoisotopic (exact) mass is 287 g/mol. The molecule has 0 saturated heterocycles. The molecule has 0 bridgehead atoms. The van der Waals surface area contributed by atoms with Crippen molar-refractivity contribution in [3.8, 4) is 0 Å².